The molecular weight excluding hydrogens is 352 g/mol. The van der Waals surface area contributed by atoms with Crippen LogP contribution >= 0.6 is 0 Å². The molecule has 0 spiro atoms. The summed E-state index contributed by atoms with van der Waals surface area (Å²) in [6, 6.07) is 2.49. The van der Waals surface area contributed by atoms with E-state index in [9.17, 15) is 14.9 Å². The van der Waals surface area contributed by atoms with E-state index in [1.54, 1.807) is 0 Å². The molecule has 2 saturated carbocycles. The minimum atomic E-state index is -0.737. The Labute approximate surface area is 169 Å². The predicted molar refractivity (Wildman–Crippen MR) is 108 cm³/mol. The van der Waals surface area contributed by atoms with E-state index in [0.29, 0.717) is 31.6 Å². The third-order valence-electron chi connectivity index (χ3n) is 7.27. The van der Waals surface area contributed by atoms with Gasteiger partial charge < -0.3 is 16.0 Å². The molecule has 3 aliphatic rings. The summed E-state index contributed by atoms with van der Waals surface area (Å²) in [5, 5.41) is 13.4. The fraction of sp³-hybridized carbons (Fsp3) is 0.864. The van der Waals surface area contributed by atoms with Crippen LogP contribution in [0, 0.1) is 23.2 Å². The molecule has 28 heavy (non-hydrogen) atoms. The summed E-state index contributed by atoms with van der Waals surface area (Å²) in [6.07, 6.45) is 12.3. The molecule has 2 amide bonds. The highest BCUT2D eigenvalue weighted by Gasteiger charge is 2.46. The Morgan fingerprint density at radius 1 is 1.07 bits per heavy atom. The zero-order valence-corrected chi connectivity index (χ0v) is 17.1. The molecule has 3 fully saturated rings. The smallest absolute Gasteiger partial charge is 0.224 e. The van der Waals surface area contributed by atoms with Crippen LogP contribution < -0.4 is 11.1 Å². The Morgan fingerprint density at radius 3 is 2.43 bits per heavy atom. The Balaban J connectivity index is 1.76. The minimum Gasteiger partial charge on any atom is -0.369 e. The van der Waals surface area contributed by atoms with E-state index in [-0.39, 0.29) is 23.8 Å². The molecule has 0 aromatic rings. The Kier molecular flexibility index (Phi) is 7.34. The van der Waals surface area contributed by atoms with Crippen LogP contribution in [-0.4, -0.2) is 41.4 Å². The van der Waals surface area contributed by atoms with E-state index in [0.717, 1.165) is 38.8 Å². The highest BCUT2D eigenvalue weighted by Crippen LogP contribution is 2.37. The molecule has 1 saturated heterocycles. The van der Waals surface area contributed by atoms with Gasteiger partial charge in [-0.05, 0) is 57.5 Å². The molecule has 0 bridgehead atoms. The third kappa shape index (κ3) is 4.86. The van der Waals surface area contributed by atoms with Crippen molar-refractivity contribution in [3.63, 3.8) is 0 Å². The van der Waals surface area contributed by atoms with Crippen molar-refractivity contribution >= 4 is 11.8 Å². The van der Waals surface area contributed by atoms with E-state index in [1.165, 1.54) is 32.1 Å². The molecule has 1 aliphatic heterocycles. The van der Waals surface area contributed by atoms with E-state index >= 15 is 0 Å². The lowest BCUT2D eigenvalue weighted by atomic mass is 9.79. The minimum absolute atomic E-state index is 0.0390. The number of nitriles is 1. The Bertz CT molecular complexity index is 588. The van der Waals surface area contributed by atoms with Crippen molar-refractivity contribution in [3.8, 4) is 6.07 Å². The fourth-order valence-electron chi connectivity index (χ4n) is 5.62. The maximum absolute atomic E-state index is 13.5. The molecule has 6 heteroatoms. The zero-order chi connectivity index (χ0) is 20.0. The molecule has 6 nitrogen and oxygen atoms in total. The van der Waals surface area contributed by atoms with Gasteiger partial charge in [0.05, 0.1) is 6.07 Å². The molecule has 1 heterocycles. The van der Waals surface area contributed by atoms with Crippen molar-refractivity contribution in [2.75, 3.05) is 13.1 Å². The van der Waals surface area contributed by atoms with Gasteiger partial charge in [-0.2, -0.15) is 5.26 Å². The van der Waals surface area contributed by atoms with Gasteiger partial charge in [-0.25, -0.2) is 0 Å². The number of hydrogen-bond acceptors (Lipinski definition) is 4. The van der Waals surface area contributed by atoms with Crippen LogP contribution in [-0.2, 0) is 9.59 Å². The van der Waals surface area contributed by atoms with Gasteiger partial charge in [-0.1, -0.05) is 38.5 Å². The molecule has 2 unspecified atom stereocenters. The molecule has 0 aromatic carbocycles. The largest absolute Gasteiger partial charge is 0.369 e. The number of carbonyl (C=O) groups is 2. The maximum atomic E-state index is 13.5. The van der Waals surface area contributed by atoms with Gasteiger partial charge in [0, 0.05) is 18.4 Å². The SMILES string of the molecule is N#CC1(N(C(=O)CCC2CCCCC2)C2CCCC(C(N)=O)C2)CCNCC1. The van der Waals surface area contributed by atoms with Crippen LogP contribution in [0.5, 0.6) is 0 Å². The predicted octanol–water partition coefficient (Wildman–Crippen LogP) is 2.87. The first-order valence-corrected chi connectivity index (χ1v) is 11.3. The van der Waals surface area contributed by atoms with Crippen molar-refractivity contribution in [1.82, 2.24) is 10.2 Å². The highest BCUT2D eigenvalue weighted by atomic mass is 16.2. The number of nitrogens with one attached hydrogen (secondary N) is 1. The molecule has 3 rings (SSSR count). The van der Waals surface area contributed by atoms with Crippen LogP contribution in [0.25, 0.3) is 0 Å². The second-order valence-corrected chi connectivity index (χ2v) is 9.12. The third-order valence-corrected chi connectivity index (χ3v) is 7.27. The van der Waals surface area contributed by atoms with Gasteiger partial charge in [0.2, 0.25) is 11.8 Å². The summed E-state index contributed by atoms with van der Waals surface area (Å²) >= 11 is 0. The van der Waals surface area contributed by atoms with Crippen molar-refractivity contribution in [3.05, 3.63) is 0 Å². The van der Waals surface area contributed by atoms with Gasteiger partial charge in [0.1, 0.15) is 5.54 Å². The summed E-state index contributed by atoms with van der Waals surface area (Å²) < 4.78 is 0. The van der Waals surface area contributed by atoms with Gasteiger partial charge in [0.15, 0.2) is 0 Å². The number of rotatable bonds is 6. The number of nitrogens with zero attached hydrogens (tertiary/aromatic N) is 2. The lowest BCUT2D eigenvalue weighted by Gasteiger charge is -2.48. The summed E-state index contributed by atoms with van der Waals surface area (Å²) in [5.41, 5.74) is 4.85. The van der Waals surface area contributed by atoms with E-state index in [1.807, 2.05) is 4.90 Å². The second-order valence-electron chi connectivity index (χ2n) is 9.12. The summed E-state index contributed by atoms with van der Waals surface area (Å²) in [4.78, 5) is 27.2. The van der Waals surface area contributed by atoms with Crippen molar-refractivity contribution < 1.29 is 9.59 Å². The molecule has 2 aliphatic carbocycles. The number of primary amides is 1. The monoisotopic (exact) mass is 388 g/mol. The molecule has 3 N–H and O–H groups in total. The first kappa shape index (κ1) is 21.1. The standard InChI is InChI=1S/C22H36N4O2/c23-16-22(11-13-25-14-12-22)26(19-8-4-7-18(15-19)21(24)28)20(27)10-9-17-5-2-1-3-6-17/h17-19,25H,1-15H2,(H2,24,28). The Morgan fingerprint density at radius 2 is 1.79 bits per heavy atom. The van der Waals surface area contributed by atoms with Gasteiger partial charge >= 0.3 is 0 Å². The molecule has 2 atom stereocenters. The Hall–Kier alpha value is -1.61. The lowest BCUT2D eigenvalue weighted by molar-refractivity contribution is -0.143. The fourth-order valence-corrected chi connectivity index (χ4v) is 5.62. The van der Waals surface area contributed by atoms with Crippen molar-refractivity contribution in [1.29, 1.82) is 5.26 Å². The molecular formula is C22H36N4O2. The van der Waals surface area contributed by atoms with Gasteiger partial charge in [-0.3, -0.25) is 9.59 Å². The van der Waals surface area contributed by atoms with Gasteiger partial charge in [0.25, 0.3) is 0 Å². The number of carbonyl (C=O) groups excluding carboxylic acids is 2. The summed E-state index contributed by atoms with van der Waals surface area (Å²) in [6.45, 7) is 1.51. The first-order chi connectivity index (χ1) is 13.6. The highest BCUT2D eigenvalue weighted by molar-refractivity contribution is 5.79. The van der Waals surface area contributed by atoms with Gasteiger partial charge in [-0.15, -0.1) is 0 Å². The molecule has 0 radical (unpaired) electrons. The maximum Gasteiger partial charge on any atom is 0.224 e. The molecule has 0 aromatic heterocycles. The molecule has 156 valence electrons. The van der Waals surface area contributed by atoms with Crippen molar-refractivity contribution in [2.45, 2.75) is 95.1 Å². The average Bonchev–Trinajstić information content (AvgIpc) is 2.74. The number of piperidine rings is 1. The van der Waals surface area contributed by atoms with Crippen LogP contribution in [0.15, 0.2) is 0 Å². The van der Waals surface area contributed by atoms with Crippen molar-refractivity contribution in [2.24, 2.45) is 17.6 Å². The zero-order valence-electron chi connectivity index (χ0n) is 17.1. The van der Waals surface area contributed by atoms with E-state index in [4.69, 9.17) is 5.73 Å². The lowest BCUT2D eigenvalue weighted by Crippen LogP contribution is -2.60. The second kappa shape index (κ2) is 9.73. The van der Waals surface area contributed by atoms with E-state index < -0.39 is 5.54 Å². The van der Waals surface area contributed by atoms with Crippen LogP contribution in [0.2, 0.25) is 0 Å². The van der Waals surface area contributed by atoms with Crippen LogP contribution in [0.1, 0.15) is 83.5 Å². The average molecular weight is 389 g/mol. The van der Waals surface area contributed by atoms with E-state index in [2.05, 4.69) is 11.4 Å². The first-order valence-electron chi connectivity index (χ1n) is 11.3. The van der Waals surface area contributed by atoms with Crippen LogP contribution in [0.4, 0.5) is 0 Å². The number of hydrogen-bond donors (Lipinski definition) is 2. The normalized spacial score (nSPS) is 28.2. The summed E-state index contributed by atoms with van der Waals surface area (Å²) in [5.74, 6) is 0.319. The topological polar surface area (TPSA) is 99.2 Å². The quantitative estimate of drug-likeness (QED) is 0.731. The summed E-state index contributed by atoms with van der Waals surface area (Å²) in [7, 11) is 0. The van der Waals surface area contributed by atoms with Crippen LogP contribution in [0.3, 0.4) is 0 Å². The number of amides is 2. The number of nitrogens with two attached hydrogens (primary N) is 1.